The average molecular weight is 930 g/mol. The summed E-state index contributed by atoms with van der Waals surface area (Å²) in [6, 6.07) is 0. The molecule has 0 saturated carbocycles. The van der Waals surface area contributed by atoms with Gasteiger partial charge in [-0.05, 0) is 96.3 Å². The van der Waals surface area contributed by atoms with Crippen LogP contribution in [0.3, 0.4) is 0 Å². The van der Waals surface area contributed by atoms with E-state index in [2.05, 4.69) is 57.2 Å². The van der Waals surface area contributed by atoms with Crippen molar-refractivity contribution in [2.75, 3.05) is 26.4 Å². The molecule has 0 aliphatic carbocycles. The molecule has 0 aromatic carbocycles. The maximum Gasteiger partial charge on any atom is 0.305 e. The summed E-state index contributed by atoms with van der Waals surface area (Å²) in [4.78, 5) is 38.4. The van der Waals surface area contributed by atoms with Gasteiger partial charge >= 0.3 is 17.9 Å². The minimum atomic E-state index is -1.20. The van der Waals surface area contributed by atoms with E-state index in [1.165, 1.54) is 154 Å². The minimum Gasteiger partial charge on any atom is -0.465 e. The Morgan fingerprint density at radius 3 is 0.727 bits per heavy atom. The van der Waals surface area contributed by atoms with Crippen molar-refractivity contribution in [3.05, 3.63) is 36.5 Å². The largest absolute Gasteiger partial charge is 0.465 e. The first-order valence-electron chi connectivity index (χ1n) is 28.5. The Kier molecular flexibility index (Phi) is 50.1. The first kappa shape index (κ1) is 63.6. The quantitative estimate of drug-likeness (QED) is 0.0281. The molecule has 0 aromatic rings. The average Bonchev–Trinajstić information content (AvgIpc) is 3.32. The molecule has 0 saturated heterocycles. The highest BCUT2D eigenvalue weighted by molar-refractivity contribution is 5.70. The fourth-order valence-corrected chi connectivity index (χ4v) is 8.20. The molecule has 0 unspecified atom stereocenters. The molecule has 1 N–H and O–H groups in total. The molecule has 0 bridgehead atoms. The maximum atomic E-state index is 12.8. The van der Waals surface area contributed by atoms with Crippen molar-refractivity contribution >= 4 is 17.9 Å². The van der Waals surface area contributed by atoms with Crippen molar-refractivity contribution < 1.29 is 33.7 Å². The molecule has 0 radical (unpaired) electrons. The van der Waals surface area contributed by atoms with E-state index in [9.17, 15) is 19.5 Å². The summed E-state index contributed by atoms with van der Waals surface area (Å²) in [7, 11) is 0. The van der Waals surface area contributed by atoms with E-state index in [0.29, 0.717) is 19.3 Å². The molecule has 66 heavy (non-hydrogen) atoms. The van der Waals surface area contributed by atoms with Gasteiger partial charge in [-0.1, -0.05) is 211 Å². The second-order valence-corrected chi connectivity index (χ2v) is 19.6. The summed E-state index contributed by atoms with van der Waals surface area (Å²) >= 11 is 0. The molecule has 7 heteroatoms. The summed E-state index contributed by atoms with van der Waals surface area (Å²) in [5.74, 6) is -1.03. The van der Waals surface area contributed by atoms with Gasteiger partial charge in [0.1, 0.15) is 19.8 Å². The topological polar surface area (TPSA) is 99.1 Å². The molecule has 0 aliphatic rings. The highest BCUT2D eigenvalue weighted by atomic mass is 16.6. The summed E-state index contributed by atoms with van der Waals surface area (Å²) in [5.41, 5.74) is -1.20. The molecule has 0 heterocycles. The van der Waals surface area contributed by atoms with Crippen LogP contribution in [0.4, 0.5) is 0 Å². The predicted octanol–water partition coefficient (Wildman–Crippen LogP) is 17.7. The van der Waals surface area contributed by atoms with E-state index in [-0.39, 0.29) is 37.7 Å². The molecule has 0 atom stereocenters. The van der Waals surface area contributed by atoms with Gasteiger partial charge in [-0.15, -0.1) is 0 Å². The lowest BCUT2D eigenvalue weighted by atomic mass is 9.92. The third-order valence-electron chi connectivity index (χ3n) is 12.9. The number of unbranched alkanes of at least 4 members (excludes halogenated alkanes) is 33. The van der Waals surface area contributed by atoms with Crippen LogP contribution in [0.1, 0.15) is 290 Å². The molecule has 0 aromatic heterocycles. The second-order valence-electron chi connectivity index (χ2n) is 19.6. The van der Waals surface area contributed by atoms with Gasteiger partial charge in [0.2, 0.25) is 0 Å². The van der Waals surface area contributed by atoms with Gasteiger partial charge in [0.25, 0.3) is 0 Å². The van der Waals surface area contributed by atoms with Crippen LogP contribution in [0.25, 0.3) is 0 Å². The normalized spacial score (nSPS) is 12.0. The van der Waals surface area contributed by atoms with Crippen LogP contribution in [-0.2, 0) is 28.6 Å². The fraction of sp³-hybridized carbons (Fsp3) is 0.847. The molecule has 0 aliphatic heterocycles. The number of hydrogen-bond acceptors (Lipinski definition) is 7. The van der Waals surface area contributed by atoms with Crippen molar-refractivity contribution in [3.63, 3.8) is 0 Å². The second kappa shape index (κ2) is 52.0. The van der Waals surface area contributed by atoms with E-state index < -0.39 is 12.0 Å². The highest BCUT2D eigenvalue weighted by Crippen LogP contribution is 2.22. The van der Waals surface area contributed by atoms with Crippen LogP contribution in [-0.4, -0.2) is 49.4 Å². The van der Waals surface area contributed by atoms with Gasteiger partial charge in [-0.2, -0.15) is 0 Å². The number of aliphatic hydroxyl groups excluding tert-OH is 1. The smallest absolute Gasteiger partial charge is 0.305 e. The van der Waals surface area contributed by atoms with E-state index in [1.807, 2.05) is 0 Å². The maximum absolute atomic E-state index is 12.8. The monoisotopic (exact) mass is 929 g/mol. The molecule has 0 fully saturated rings. The summed E-state index contributed by atoms with van der Waals surface area (Å²) in [6.45, 7) is 5.82. The lowest BCUT2D eigenvalue weighted by molar-refractivity contribution is -0.165. The zero-order valence-corrected chi connectivity index (χ0v) is 43.9. The number of carbonyl (C=O) groups excluding carboxylic acids is 3. The van der Waals surface area contributed by atoms with Gasteiger partial charge in [0, 0.05) is 19.3 Å². The molecule has 7 nitrogen and oxygen atoms in total. The van der Waals surface area contributed by atoms with Crippen molar-refractivity contribution in [2.45, 2.75) is 290 Å². The Bertz CT molecular complexity index is 1010. The number of allylic oxidation sites excluding steroid dienone is 6. The summed E-state index contributed by atoms with van der Waals surface area (Å²) in [5, 5.41) is 10.6. The third-order valence-corrected chi connectivity index (χ3v) is 12.9. The third kappa shape index (κ3) is 46.7. The Hall–Kier alpha value is -2.41. The Morgan fingerprint density at radius 2 is 0.515 bits per heavy atom. The van der Waals surface area contributed by atoms with Crippen LogP contribution >= 0.6 is 0 Å². The minimum absolute atomic E-state index is 0.172. The number of carbonyl (C=O) groups is 3. The van der Waals surface area contributed by atoms with E-state index in [4.69, 9.17) is 14.2 Å². The molecule has 0 rings (SSSR count). The van der Waals surface area contributed by atoms with Gasteiger partial charge < -0.3 is 19.3 Å². The van der Waals surface area contributed by atoms with Crippen molar-refractivity contribution in [1.82, 2.24) is 0 Å². The van der Waals surface area contributed by atoms with Crippen LogP contribution in [0.5, 0.6) is 0 Å². The number of esters is 3. The Balaban J connectivity index is 4.62. The summed E-state index contributed by atoms with van der Waals surface area (Å²) < 4.78 is 17.0. The zero-order valence-electron chi connectivity index (χ0n) is 43.9. The predicted molar refractivity (Wildman–Crippen MR) is 281 cm³/mol. The molecular formula is C59H108O7. The van der Waals surface area contributed by atoms with Gasteiger partial charge in [0.15, 0.2) is 0 Å². The number of rotatable bonds is 52. The zero-order chi connectivity index (χ0) is 48.1. The van der Waals surface area contributed by atoms with E-state index in [1.54, 1.807) is 0 Å². The Morgan fingerprint density at radius 1 is 0.318 bits per heavy atom. The van der Waals surface area contributed by atoms with E-state index in [0.717, 1.165) is 96.3 Å². The van der Waals surface area contributed by atoms with Gasteiger partial charge in [0.05, 0.1) is 12.0 Å². The van der Waals surface area contributed by atoms with Gasteiger partial charge in [-0.3, -0.25) is 14.4 Å². The highest BCUT2D eigenvalue weighted by Gasteiger charge is 2.35. The van der Waals surface area contributed by atoms with Crippen LogP contribution in [0, 0.1) is 5.41 Å². The van der Waals surface area contributed by atoms with Crippen LogP contribution < -0.4 is 0 Å². The van der Waals surface area contributed by atoms with Crippen LogP contribution in [0.2, 0.25) is 0 Å². The molecule has 0 spiro atoms. The lowest BCUT2D eigenvalue weighted by Gasteiger charge is -2.30. The number of ether oxygens (including phenoxy) is 3. The van der Waals surface area contributed by atoms with Crippen molar-refractivity contribution in [1.29, 1.82) is 0 Å². The molecular weight excluding hydrogens is 821 g/mol. The lowest BCUT2D eigenvalue weighted by Crippen LogP contribution is -2.42. The first-order valence-corrected chi connectivity index (χ1v) is 28.5. The molecule has 386 valence electrons. The van der Waals surface area contributed by atoms with E-state index >= 15 is 0 Å². The van der Waals surface area contributed by atoms with Crippen molar-refractivity contribution in [3.8, 4) is 0 Å². The van der Waals surface area contributed by atoms with Crippen LogP contribution in [0.15, 0.2) is 36.5 Å². The first-order chi connectivity index (χ1) is 32.4. The standard InChI is InChI=1S/C59H108O7/c1-4-7-10-13-16-19-22-25-28-31-34-37-40-43-46-49-56(61)64-53-59(52-60,54-65-57(62)50-47-44-41-38-35-32-29-26-23-20-17-14-11-8-5-2)55-66-58(63)51-48-45-42-39-36-33-30-27-24-21-18-15-12-9-6-3/h25-30,60H,4-24,31-55H2,1-3H3/b28-25+,29-26+,30-27+. The molecule has 0 amide bonds. The number of aliphatic hydroxyl groups is 1. The summed E-state index contributed by atoms with van der Waals surface area (Å²) in [6.07, 6.45) is 61.1. The number of hydrogen-bond donors (Lipinski definition) is 1. The van der Waals surface area contributed by atoms with Gasteiger partial charge in [-0.25, -0.2) is 0 Å². The Labute approximate surface area is 408 Å². The SMILES string of the molecule is CCCCCCCC/C=C/CCCCCCCC(=O)OCC(CO)(COC(=O)CCCCCCC/C=C/CCCCCCCC)COC(=O)CCCCCCC/C=C/CCCCCCCC. The fourth-order valence-electron chi connectivity index (χ4n) is 8.20. The van der Waals surface area contributed by atoms with Crippen molar-refractivity contribution in [2.24, 2.45) is 5.41 Å².